The maximum absolute atomic E-state index is 5.88. The van der Waals surface area contributed by atoms with Crippen molar-refractivity contribution in [1.82, 2.24) is 4.98 Å². The van der Waals surface area contributed by atoms with Crippen LogP contribution in [0.2, 0.25) is 5.31 Å². The van der Waals surface area contributed by atoms with Crippen molar-refractivity contribution in [3.8, 4) is 0 Å². The average Bonchev–Trinajstić information content (AvgIpc) is 3.30. The number of oxazole rings is 2. The molecule has 2 aliphatic rings. The molecule has 122 valence electrons. The van der Waals surface area contributed by atoms with Gasteiger partial charge in [-0.15, -0.1) is 0 Å². The van der Waals surface area contributed by atoms with Crippen molar-refractivity contribution in [2.75, 3.05) is 22.7 Å². The third-order valence-corrected chi connectivity index (χ3v) is 6.43. The topological polar surface area (TPSA) is 49.5 Å². The maximum Gasteiger partial charge on any atom is 0.513 e. The van der Waals surface area contributed by atoms with E-state index >= 15 is 0 Å². The lowest BCUT2D eigenvalue weighted by atomic mass is 9.40. The molecule has 6 nitrogen and oxygen atoms in total. The largest absolute Gasteiger partial charge is 0.513 e. The normalized spacial score (nSPS) is 29.8. The van der Waals surface area contributed by atoms with Gasteiger partial charge in [-0.3, -0.25) is 4.81 Å². The molecule has 1 fully saturated rings. The van der Waals surface area contributed by atoms with Gasteiger partial charge in [0.2, 0.25) is 0 Å². The molecule has 7 heteroatoms. The molecule has 2 aromatic rings. The number of nitrogens with zero attached hydrogens (tertiary/aromatic N) is 4. The lowest BCUT2D eigenvalue weighted by Crippen LogP contribution is -2.74. The standard InChI is InChI=1S/C16H24BN4O2/c1-5-15(3)16(4,6-2)19-10-12-23-14(19)21-9-8-20(17(15)21)13-18-7-11-22-13/h7,10-12H,5-6,8-9H2,1-4H3/q+1. The molecule has 0 radical (unpaired) electrons. The molecule has 0 aromatic carbocycles. The van der Waals surface area contributed by atoms with Gasteiger partial charge in [0.1, 0.15) is 24.3 Å². The predicted octanol–water partition coefficient (Wildman–Crippen LogP) is 2.68. The molecular weight excluding hydrogens is 291 g/mol. The summed E-state index contributed by atoms with van der Waals surface area (Å²) in [6, 6.07) is 1.65. The quantitative estimate of drug-likeness (QED) is 0.644. The molecule has 0 bridgehead atoms. The van der Waals surface area contributed by atoms with Gasteiger partial charge in [0, 0.05) is 6.54 Å². The second kappa shape index (κ2) is 4.79. The van der Waals surface area contributed by atoms with E-state index in [0.717, 1.165) is 31.9 Å². The van der Waals surface area contributed by atoms with Crippen LogP contribution in [0.1, 0.15) is 40.5 Å². The van der Waals surface area contributed by atoms with E-state index in [9.17, 15) is 0 Å². The zero-order valence-corrected chi connectivity index (χ0v) is 14.3. The van der Waals surface area contributed by atoms with Crippen LogP contribution in [0.5, 0.6) is 0 Å². The van der Waals surface area contributed by atoms with E-state index < -0.39 is 0 Å². The van der Waals surface area contributed by atoms with Gasteiger partial charge in [-0.25, -0.2) is 4.98 Å². The van der Waals surface area contributed by atoms with Gasteiger partial charge in [0.15, 0.2) is 0 Å². The molecule has 23 heavy (non-hydrogen) atoms. The number of rotatable bonds is 3. The first kappa shape index (κ1) is 14.7. The highest BCUT2D eigenvalue weighted by Crippen LogP contribution is 2.55. The Morgan fingerprint density at radius 1 is 1.17 bits per heavy atom. The maximum atomic E-state index is 5.88. The van der Waals surface area contributed by atoms with Crippen LogP contribution in [0.3, 0.4) is 0 Å². The molecule has 0 N–H and O–H groups in total. The van der Waals surface area contributed by atoms with Crippen molar-refractivity contribution in [1.29, 1.82) is 0 Å². The Morgan fingerprint density at radius 3 is 2.61 bits per heavy atom. The second-order valence-corrected chi connectivity index (χ2v) is 7.03. The Kier molecular flexibility index (Phi) is 3.05. The average molecular weight is 315 g/mol. The van der Waals surface area contributed by atoms with Gasteiger partial charge in [-0.1, -0.05) is 20.8 Å². The van der Waals surface area contributed by atoms with Crippen LogP contribution in [-0.4, -0.2) is 25.1 Å². The Bertz CT molecular complexity index is 703. The van der Waals surface area contributed by atoms with Gasteiger partial charge >= 0.3 is 13.0 Å². The molecule has 0 spiro atoms. The van der Waals surface area contributed by atoms with Crippen LogP contribution >= 0.6 is 0 Å². The third kappa shape index (κ3) is 1.65. The highest BCUT2D eigenvalue weighted by molar-refractivity contribution is 6.71. The molecule has 0 amide bonds. The van der Waals surface area contributed by atoms with Gasteiger partial charge in [-0.2, -0.15) is 4.57 Å². The summed E-state index contributed by atoms with van der Waals surface area (Å²) in [4.78, 5) is 9.06. The second-order valence-electron chi connectivity index (χ2n) is 7.03. The van der Waals surface area contributed by atoms with E-state index in [2.05, 4.69) is 53.1 Å². The summed E-state index contributed by atoms with van der Waals surface area (Å²) in [5.41, 5.74) is -0.0273. The molecule has 2 atom stereocenters. The van der Waals surface area contributed by atoms with Crippen molar-refractivity contribution in [2.45, 2.75) is 51.4 Å². The van der Waals surface area contributed by atoms with Crippen LogP contribution in [-0.2, 0) is 5.54 Å². The molecule has 0 aliphatic carbocycles. The van der Waals surface area contributed by atoms with Crippen LogP contribution in [0.4, 0.5) is 12.0 Å². The van der Waals surface area contributed by atoms with E-state index in [1.165, 1.54) is 0 Å². The first-order valence-electron chi connectivity index (χ1n) is 8.49. The van der Waals surface area contributed by atoms with Crippen molar-refractivity contribution >= 4 is 19.0 Å². The van der Waals surface area contributed by atoms with E-state index in [1.807, 2.05) is 0 Å². The van der Waals surface area contributed by atoms with E-state index in [-0.39, 0.29) is 17.8 Å². The molecule has 2 unspecified atom stereocenters. The monoisotopic (exact) mass is 315 g/mol. The van der Waals surface area contributed by atoms with Crippen molar-refractivity contribution in [3.05, 3.63) is 24.9 Å². The Balaban J connectivity index is 1.91. The summed E-state index contributed by atoms with van der Waals surface area (Å²) in [6.07, 6.45) is 9.35. The summed E-state index contributed by atoms with van der Waals surface area (Å²) in [5, 5.41) is 0.0360. The number of anilines is 2. The van der Waals surface area contributed by atoms with E-state index in [4.69, 9.17) is 8.83 Å². The first-order chi connectivity index (χ1) is 11.1. The molecule has 4 heterocycles. The lowest BCUT2D eigenvalue weighted by Gasteiger charge is -2.49. The molecule has 1 saturated heterocycles. The van der Waals surface area contributed by atoms with Gasteiger partial charge in [-0.05, 0) is 19.8 Å². The summed E-state index contributed by atoms with van der Waals surface area (Å²) < 4.78 is 13.8. The Hall–Kier alpha value is -1.92. The summed E-state index contributed by atoms with van der Waals surface area (Å²) in [5.74, 6) is 0. The number of fused-ring (bicyclic) bond motifs is 3. The minimum absolute atomic E-state index is 0.0273. The van der Waals surface area contributed by atoms with E-state index in [1.54, 1.807) is 18.7 Å². The highest BCUT2D eigenvalue weighted by atomic mass is 16.4. The highest BCUT2D eigenvalue weighted by Gasteiger charge is 2.70. The summed E-state index contributed by atoms with van der Waals surface area (Å²) in [7, 11) is 0. The lowest BCUT2D eigenvalue weighted by molar-refractivity contribution is -0.760. The number of hydrogen-bond acceptors (Lipinski definition) is 5. The third-order valence-electron chi connectivity index (χ3n) is 6.43. The smallest absolute Gasteiger partial charge is 0.433 e. The van der Waals surface area contributed by atoms with Crippen molar-refractivity contribution < 1.29 is 13.4 Å². The Morgan fingerprint density at radius 2 is 1.96 bits per heavy atom. The summed E-state index contributed by atoms with van der Waals surface area (Å²) in [6.45, 7) is 11.3. The summed E-state index contributed by atoms with van der Waals surface area (Å²) >= 11 is 0. The van der Waals surface area contributed by atoms with Gasteiger partial charge < -0.3 is 13.6 Å². The minimum Gasteiger partial charge on any atom is -0.433 e. The Labute approximate surface area is 137 Å². The fourth-order valence-electron chi connectivity index (χ4n) is 4.62. The number of hydrogen-bond donors (Lipinski definition) is 0. The fourth-order valence-corrected chi connectivity index (χ4v) is 4.62. The zero-order chi connectivity index (χ0) is 16.2. The molecule has 4 rings (SSSR count). The SMILES string of the molecule is CCC1(C)B2N(c3ncco3)CCN2c2occ[n+]2C1(C)CC. The van der Waals surface area contributed by atoms with Gasteiger partial charge in [0.25, 0.3) is 6.01 Å². The predicted molar refractivity (Wildman–Crippen MR) is 88.4 cm³/mol. The fraction of sp³-hybridized carbons (Fsp3) is 0.625. The van der Waals surface area contributed by atoms with Crippen LogP contribution in [0.15, 0.2) is 33.8 Å². The van der Waals surface area contributed by atoms with Gasteiger partial charge in [0.05, 0.1) is 18.1 Å². The molecular formula is C16H24BN4O2+. The van der Waals surface area contributed by atoms with Crippen LogP contribution in [0, 0.1) is 0 Å². The van der Waals surface area contributed by atoms with Crippen LogP contribution in [0.25, 0.3) is 0 Å². The van der Waals surface area contributed by atoms with Crippen molar-refractivity contribution in [3.63, 3.8) is 0 Å². The molecule has 0 saturated carbocycles. The van der Waals surface area contributed by atoms with Crippen molar-refractivity contribution in [2.24, 2.45) is 0 Å². The number of aromatic nitrogens is 2. The molecule has 2 aliphatic heterocycles. The minimum atomic E-state index is -0.0273. The molecule has 2 aromatic heterocycles. The zero-order valence-electron chi connectivity index (χ0n) is 14.3. The van der Waals surface area contributed by atoms with E-state index in [0.29, 0.717) is 6.01 Å². The van der Waals surface area contributed by atoms with Crippen LogP contribution < -0.4 is 14.2 Å². The first-order valence-corrected chi connectivity index (χ1v) is 8.49.